The third kappa shape index (κ3) is 4.84. The number of nitrogens with two attached hydrogens (primary N) is 1. The fourth-order valence-corrected chi connectivity index (χ4v) is 2.21. The molecule has 0 aliphatic carbocycles. The molecule has 2 rings (SSSR count). The number of carbonyl (C=O) groups excluding carboxylic acids is 1. The van der Waals surface area contributed by atoms with E-state index in [1.165, 1.54) is 5.56 Å². The molecular weight excluding hydrogens is 302 g/mol. The zero-order chi connectivity index (χ0) is 17.5. The van der Waals surface area contributed by atoms with E-state index in [0.717, 1.165) is 0 Å². The number of rotatable bonds is 7. The fraction of sp³-hybridized carbons (Fsp3) is 0.263. The molecule has 126 valence electrons. The van der Waals surface area contributed by atoms with Crippen molar-refractivity contribution in [3.8, 4) is 5.75 Å². The van der Waals surface area contributed by atoms with E-state index in [0.29, 0.717) is 35.9 Å². The monoisotopic (exact) mass is 325 g/mol. The highest BCUT2D eigenvalue weighted by Crippen LogP contribution is 2.15. The highest BCUT2D eigenvalue weighted by atomic mass is 16.5. The van der Waals surface area contributed by atoms with Gasteiger partial charge in [0.05, 0.1) is 6.54 Å². The summed E-state index contributed by atoms with van der Waals surface area (Å²) in [5.41, 5.74) is 7.90. The Morgan fingerprint density at radius 1 is 1.17 bits per heavy atom. The highest BCUT2D eigenvalue weighted by molar-refractivity contribution is 5.95. The predicted molar refractivity (Wildman–Crippen MR) is 95.8 cm³/mol. The van der Waals surface area contributed by atoms with Crippen molar-refractivity contribution in [1.29, 1.82) is 5.41 Å². The van der Waals surface area contributed by atoms with E-state index in [9.17, 15) is 4.79 Å². The molecule has 24 heavy (non-hydrogen) atoms. The van der Waals surface area contributed by atoms with Crippen molar-refractivity contribution in [2.24, 2.45) is 5.73 Å². The quantitative estimate of drug-likeness (QED) is 0.415. The van der Waals surface area contributed by atoms with Gasteiger partial charge in [-0.05, 0) is 35.7 Å². The van der Waals surface area contributed by atoms with Gasteiger partial charge < -0.3 is 15.8 Å². The van der Waals surface area contributed by atoms with Crippen LogP contribution in [0.4, 0.5) is 0 Å². The number of amides is 1. The van der Waals surface area contributed by atoms with Crippen molar-refractivity contribution in [2.75, 3.05) is 13.2 Å². The molecule has 0 bridgehead atoms. The Hall–Kier alpha value is -2.82. The first-order chi connectivity index (χ1) is 11.5. The van der Waals surface area contributed by atoms with E-state index in [2.05, 4.69) is 19.2 Å². The minimum absolute atomic E-state index is 0.00130. The number of amidine groups is 1. The topological polar surface area (TPSA) is 88.2 Å². The van der Waals surface area contributed by atoms with Crippen molar-refractivity contribution in [1.82, 2.24) is 5.32 Å². The minimum atomic E-state index is -0.119. The van der Waals surface area contributed by atoms with Gasteiger partial charge in [-0.2, -0.15) is 0 Å². The van der Waals surface area contributed by atoms with E-state index >= 15 is 0 Å². The SMILES string of the molecule is CC(C)c1ccc(C(=O)NCCOc2cccc(C(=N)N)c2)cc1. The van der Waals surface area contributed by atoms with Crippen molar-refractivity contribution in [2.45, 2.75) is 19.8 Å². The number of ether oxygens (including phenoxy) is 1. The van der Waals surface area contributed by atoms with Crippen LogP contribution in [0.15, 0.2) is 48.5 Å². The molecule has 0 unspecified atom stereocenters. The Labute approximate surface area is 142 Å². The first kappa shape index (κ1) is 17.5. The average Bonchev–Trinajstić information content (AvgIpc) is 2.59. The summed E-state index contributed by atoms with van der Waals surface area (Å²) in [5, 5.41) is 10.2. The second-order valence-electron chi connectivity index (χ2n) is 5.82. The molecule has 5 nitrogen and oxygen atoms in total. The van der Waals surface area contributed by atoms with Crippen LogP contribution in [0, 0.1) is 5.41 Å². The number of nitrogens with one attached hydrogen (secondary N) is 2. The second-order valence-corrected chi connectivity index (χ2v) is 5.82. The van der Waals surface area contributed by atoms with Gasteiger partial charge in [0.15, 0.2) is 0 Å². The van der Waals surface area contributed by atoms with E-state index in [1.807, 2.05) is 24.3 Å². The van der Waals surface area contributed by atoms with Gasteiger partial charge in [-0.3, -0.25) is 10.2 Å². The standard InChI is InChI=1S/C19H23N3O2/c1-13(2)14-6-8-15(9-7-14)19(23)22-10-11-24-17-5-3-4-16(12-17)18(20)21/h3-9,12-13H,10-11H2,1-2H3,(H3,20,21)(H,22,23). The first-order valence-electron chi connectivity index (χ1n) is 7.93. The maximum Gasteiger partial charge on any atom is 0.251 e. The van der Waals surface area contributed by atoms with E-state index in [1.54, 1.807) is 24.3 Å². The lowest BCUT2D eigenvalue weighted by atomic mass is 10.0. The van der Waals surface area contributed by atoms with Crippen molar-refractivity contribution >= 4 is 11.7 Å². The summed E-state index contributed by atoms with van der Waals surface area (Å²) < 4.78 is 5.57. The molecule has 0 spiro atoms. The molecule has 0 atom stereocenters. The van der Waals surface area contributed by atoms with Crippen LogP contribution in [0.3, 0.4) is 0 Å². The first-order valence-corrected chi connectivity index (χ1v) is 7.93. The summed E-state index contributed by atoms with van der Waals surface area (Å²) in [6.07, 6.45) is 0. The van der Waals surface area contributed by atoms with Crippen LogP contribution in [0.1, 0.15) is 41.3 Å². The molecule has 0 saturated heterocycles. The Kier molecular flexibility index (Phi) is 5.95. The molecule has 5 heteroatoms. The molecule has 0 aliphatic heterocycles. The average molecular weight is 325 g/mol. The number of carbonyl (C=O) groups is 1. The zero-order valence-corrected chi connectivity index (χ0v) is 14.0. The number of hydrogen-bond donors (Lipinski definition) is 3. The molecule has 2 aromatic carbocycles. The Morgan fingerprint density at radius 2 is 1.88 bits per heavy atom. The predicted octanol–water partition coefficient (Wildman–Crippen LogP) is 2.90. The van der Waals surface area contributed by atoms with Crippen LogP contribution >= 0.6 is 0 Å². The minimum Gasteiger partial charge on any atom is -0.492 e. The lowest BCUT2D eigenvalue weighted by Gasteiger charge is -2.10. The summed E-state index contributed by atoms with van der Waals surface area (Å²) in [7, 11) is 0. The Bertz CT molecular complexity index is 709. The fourth-order valence-electron chi connectivity index (χ4n) is 2.21. The summed E-state index contributed by atoms with van der Waals surface area (Å²) in [6, 6.07) is 14.6. The van der Waals surface area contributed by atoms with Crippen molar-refractivity contribution < 1.29 is 9.53 Å². The van der Waals surface area contributed by atoms with Gasteiger partial charge in [-0.25, -0.2) is 0 Å². The van der Waals surface area contributed by atoms with Gasteiger partial charge in [0, 0.05) is 11.1 Å². The van der Waals surface area contributed by atoms with Crippen LogP contribution in [0.5, 0.6) is 5.75 Å². The zero-order valence-electron chi connectivity index (χ0n) is 14.0. The third-order valence-corrected chi connectivity index (χ3v) is 3.64. The summed E-state index contributed by atoms with van der Waals surface area (Å²) >= 11 is 0. The smallest absolute Gasteiger partial charge is 0.251 e. The molecule has 1 amide bonds. The van der Waals surface area contributed by atoms with Gasteiger partial charge in [0.1, 0.15) is 18.2 Å². The lowest BCUT2D eigenvalue weighted by Crippen LogP contribution is -2.28. The van der Waals surface area contributed by atoms with Gasteiger partial charge in [0.25, 0.3) is 5.91 Å². The highest BCUT2D eigenvalue weighted by Gasteiger charge is 2.06. The number of benzene rings is 2. The normalized spacial score (nSPS) is 10.5. The molecule has 0 aromatic heterocycles. The van der Waals surface area contributed by atoms with Crippen LogP contribution in [0.2, 0.25) is 0 Å². The largest absolute Gasteiger partial charge is 0.492 e. The lowest BCUT2D eigenvalue weighted by molar-refractivity contribution is 0.0947. The molecule has 0 saturated carbocycles. The third-order valence-electron chi connectivity index (χ3n) is 3.64. The molecule has 0 aliphatic rings. The summed E-state index contributed by atoms with van der Waals surface area (Å²) in [6.45, 7) is 4.98. The Balaban J connectivity index is 1.80. The molecule has 0 fully saturated rings. The van der Waals surface area contributed by atoms with Gasteiger partial charge >= 0.3 is 0 Å². The van der Waals surface area contributed by atoms with Crippen LogP contribution in [-0.4, -0.2) is 24.9 Å². The van der Waals surface area contributed by atoms with E-state index in [4.69, 9.17) is 15.9 Å². The maximum absolute atomic E-state index is 12.1. The van der Waals surface area contributed by atoms with Gasteiger partial charge in [-0.1, -0.05) is 38.1 Å². The second kappa shape index (κ2) is 8.15. The van der Waals surface area contributed by atoms with E-state index in [-0.39, 0.29) is 11.7 Å². The Morgan fingerprint density at radius 3 is 2.50 bits per heavy atom. The summed E-state index contributed by atoms with van der Waals surface area (Å²) in [5.74, 6) is 0.949. The van der Waals surface area contributed by atoms with Crippen LogP contribution < -0.4 is 15.8 Å². The van der Waals surface area contributed by atoms with Crippen molar-refractivity contribution in [3.05, 3.63) is 65.2 Å². The molecule has 0 radical (unpaired) electrons. The van der Waals surface area contributed by atoms with Crippen LogP contribution in [0.25, 0.3) is 0 Å². The summed E-state index contributed by atoms with van der Waals surface area (Å²) in [4.78, 5) is 12.1. The molecular formula is C19H23N3O2. The van der Waals surface area contributed by atoms with E-state index < -0.39 is 0 Å². The number of nitrogen functional groups attached to an aromatic ring is 1. The van der Waals surface area contributed by atoms with Crippen molar-refractivity contribution in [3.63, 3.8) is 0 Å². The number of hydrogen-bond acceptors (Lipinski definition) is 3. The molecule has 2 aromatic rings. The maximum atomic E-state index is 12.1. The van der Waals surface area contributed by atoms with Crippen LogP contribution in [-0.2, 0) is 0 Å². The van der Waals surface area contributed by atoms with Gasteiger partial charge in [-0.15, -0.1) is 0 Å². The molecule has 4 N–H and O–H groups in total. The van der Waals surface area contributed by atoms with Gasteiger partial charge in [0.2, 0.25) is 0 Å². The molecule has 0 heterocycles.